The Kier molecular flexibility index (Phi) is 4.83. The first-order chi connectivity index (χ1) is 13.9. The summed E-state index contributed by atoms with van der Waals surface area (Å²) in [4.78, 5) is 9.67. The van der Waals surface area contributed by atoms with E-state index in [1.165, 1.54) is 24.3 Å². The van der Waals surface area contributed by atoms with Crippen LogP contribution in [-0.2, 0) is 11.9 Å². The Balaban J connectivity index is 1.35. The summed E-state index contributed by atoms with van der Waals surface area (Å²) in [6.07, 6.45) is 0.301. The standard InChI is InChI=1S/C19H15F3N4O3/c1-26-11-13(9-24-26)16-7-6-15(10-23-16)27-18-8-17(29-25-18)12-2-4-14(5-3-12)28-19(20,21)22/h2-7,9-11,17H,8H2,1H3/t17-/m0/s1. The molecular weight excluding hydrogens is 389 g/mol. The lowest BCUT2D eigenvalue weighted by atomic mass is 10.1. The molecule has 0 aliphatic carbocycles. The molecule has 4 rings (SSSR count). The number of ether oxygens (including phenoxy) is 2. The summed E-state index contributed by atoms with van der Waals surface area (Å²) in [6, 6.07) is 9.01. The first-order valence-electron chi connectivity index (χ1n) is 8.57. The zero-order chi connectivity index (χ0) is 20.4. The fourth-order valence-corrected chi connectivity index (χ4v) is 2.78. The number of benzene rings is 1. The lowest BCUT2D eigenvalue weighted by molar-refractivity contribution is -0.274. The van der Waals surface area contributed by atoms with Gasteiger partial charge in [-0.15, -0.1) is 13.2 Å². The summed E-state index contributed by atoms with van der Waals surface area (Å²) in [5.74, 6) is 0.549. The Morgan fingerprint density at radius 1 is 1.07 bits per heavy atom. The van der Waals surface area contributed by atoms with Crippen molar-refractivity contribution >= 4 is 5.90 Å². The number of alkyl halides is 3. The third-order valence-corrected chi connectivity index (χ3v) is 4.10. The predicted octanol–water partition coefficient (Wildman–Crippen LogP) is 4.23. The van der Waals surface area contributed by atoms with Crippen molar-refractivity contribution in [2.24, 2.45) is 12.2 Å². The molecule has 29 heavy (non-hydrogen) atoms. The molecule has 1 atom stereocenters. The molecule has 7 nitrogen and oxygen atoms in total. The van der Waals surface area contributed by atoms with Gasteiger partial charge in [0.1, 0.15) is 11.5 Å². The van der Waals surface area contributed by atoms with E-state index in [0.29, 0.717) is 23.6 Å². The minimum absolute atomic E-state index is 0.295. The molecule has 10 heteroatoms. The van der Waals surface area contributed by atoms with Crippen molar-refractivity contribution in [2.45, 2.75) is 18.9 Å². The number of rotatable bonds is 4. The van der Waals surface area contributed by atoms with Crippen LogP contribution in [0.25, 0.3) is 11.3 Å². The molecule has 0 amide bonds. The highest BCUT2D eigenvalue weighted by Gasteiger charge is 2.31. The van der Waals surface area contributed by atoms with Crippen LogP contribution in [0.1, 0.15) is 18.1 Å². The highest BCUT2D eigenvalue weighted by molar-refractivity contribution is 5.79. The maximum Gasteiger partial charge on any atom is 0.573 e. The second-order valence-electron chi connectivity index (χ2n) is 6.28. The molecule has 1 aromatic carbocycles. The van der Waals surface area contributed by atoms with E-state index in [2.05, 4.69) is 20.0 Å². The molecule has 1 aliphatic rings. The topological polar surface area (TPSA) is 70.8 Å². The third kappa shape index (κ3) is 4.65. The second-order valence-corrected chi connectivity index (χ2v) is 6.28. The maximum absolute atomic E-state index is 12.2. The lowest BCUT2D eigenvalue weighted by Gasteiger charge is -2.11. The molecule has 0 bridgehead atoms. The predicted molar refractivity (Wildman–Crippen MR) is 96.1 cm³/mol. The van der Waals surface area contributed by atoms with E-state index in [-0.39, 0.29) is 5.75 Å². The summed E-state index contributed by atoms with van der Waals surface area (Å²) in [6.45, 7) is 0. The monoisotopic (exact) mass is 404 g/mol. The van der Waals surface area contributed by atoms with Gasteiger partial charge in [-0.1, -0.05) is 17.3 Å². The fraction of sp³-hybridized carbons (Fsp3) is 0.211. The van der Waals surface area contributed by atoms with E-state index in [4.69, 9.17) is 9.57 Å². The molecule has 3 heterocycles. The Bertz CT molecular complexity index is 1010. The number of aromatic nitrogens is 3. The van der Waals surface area contributed by atoms with Crippen molar-refractivity contribution in [3.05, 3.63) is 60.6 Å². The average Bonchev–Trinajstić information content (AvgIpc) is 3.31. The van der Waals surface area contributed by atoms with Gasteiger partial charge < -0.3 is 14.3 Å². The van der Waals surface area contributed by atoms with Gasteiger partial charge in [0.25, 0.3) is 0 Å². The number of halogens is 3. The molecule has 0 fully saturated rings. The molecule has 0 N–H and O–H groups in total. The Morgan fingerprint density at radius 3 is 2.45 bits per heavy atom. The maximum atomic E-state index is 12.2. The summed E-state index contributed by atoms with van der Waals surface area (Å²) >= 11 is 0. The number of aryl methyl sites for hydroxylation is 1. The summed E-state index contributed by atoms with van der Waals surface area (Å²) < 4.78 is 47.9. The van der Waals surface area contributed by atoms with Crippen LogP contribution in [0.3, 0.4) is 0 Å². The largest absolute Gasteiger partial charge is 0.573 e. The van der Waals surface area contributed by atoms with Gasteiger partial charge in [0, 0.05) is 18.8 Å². The van der Waals surface area contributed by atoms with E-state index in [1.54, 1.807) is 29.2 Å². The van der Waals surface area contributed by atoms with Gasteiger partial charge in [-0.25, -0.2) is 0 Å². The van der Waals surface area contributed by atoms with Crippen LogP contribution >= 0.6 is 0 Å². The summed E-state index contributed by atoms with van der Waals surface area (Å²) in [7, 11) is 1.83. The quantitative estimate of drug-likeness (QED) is 0.651. The van der Waals surface area contributed by atoms with E-state index in [0.717, 1.165) is 11.3 Å². The summed E-state index contributed by atoms with van der Waals surface area (Å²) in [5.41, 5.74) is 2.31. The van der Waals surface area contributed by atoms with Crippen molar-refractivity contribution in [3.63, 3.8) is 0 Å². The van der Waals surface area contributed by atoms with E-state index in [9.17, 15) is 13.2 Å². The van der Waals surface area contributed by atoms with Crippen LogP contribution in [-0.4, -0.2) is 27.0 Å². The molecule has 2 aromatic heterocycles. The minimum Gasteiger partial charge on any atom is -0.438 e. The minimum atomic E-state index is -4.73. The molecular formula is C19H15F3N4O3. The van der Waals surface area contributed by atoms with Crippen molar-refractivity contribution in [3.8, 4) is 22.8 Å². The Labute approximate surface area is 163 Å². The fourth-order valence-electron chi connectivity index (χ4n) is 2.78. The van der Waals surface area contributed by atoms with Crippen molar-refractivity contribution in [2.75, 3.05) is 0 Å². The lowest BCUT2D eigenvalue weighted by Crippen LogP contribution is -2.17. The Hall–Kier alpha value is -3.56. The Morgan fingerprint density at radius 2 is 1.83 bits per heavy atom. The molecule has 3 aromatic rings. The zero-order valence-corrected chi connectivity index (χ0v) is 15.1. The highest BCUT2D eigenvalue weighted by Crippen LogP contribution is 2.31. The molecule has 0 radical (unpaired) electrons. The van der Waals surface area contributed by atoms with Gasteiger partial charge in [0.15, 0.2) is 6.10 Å². The van der Waals surface area contributed by atoms with Crippen molar-refractivity contribution in [1.82, 2.24) is 14.8 Å². The smallest absolute Gasteiger partial charge is 0.438 e. The van der Waals surface area contributed by atoms with Crippen LogP contribution in [0.4, 0.5) is 13.2 Å². The third-order valence-electron chi connectivity index (χ3n) is 4.10. The molecule has 0 spiro atoms. The van der Waals surface area contributed by atoms with Gasteiger partial charge >= 0.3 is 6.36 Å². The van der Waals surface area contributed by atoms with E-state index in [1.807, 2.05) is 13.2 Å². The first-order valence-corrected chi connectivity index (χ1v) is 8.57. The van der Waals surface area contributed by atoms with Crippen LogP contribution in [0.2, 0.25) is 0 Å². The van der Waals surface area contributed by atoms with Crippen molar-refractivity contribution < 1.29 is 27.5 Å². The average molecular weight is 404 g/mol. The molecule has 150 valence electrons. The number of nitrogens with zero attached hydrogens (tertiary/aromatic N) is 4. The van der Waals surface area contributed by atoms with Crippen LogP contribution < -0.4 is 9.47 Å². The number of pyridine rings is 1. The van der Waals surface area contributed by atoms with E-state index >= 15 is 0 Å². The van der Waals surface area contributed by atoms with Gasteiger partial charge in [-0.2, -0.15) is 5.10 Å². The number of hydrogen-bond acceptors (Lipinski definition) is 6. The van der Waals surface area contributed by atoms with Gasteiger partial charge in [-0.3, -0.25) is 9.67 Å². The van der Waals surface area contributed by atoms with E-state index < -0.39 is 12.5 Å². The summed E-state index contributed by atoms with van der Waals surface area (Å²) in [5, 5.41) is 8.00. The van der Waals surface area contributed by atoms with Gasteiger partial charge in [0.05, 0.1) is 24.5 Å². The SMILES string of the molecule is Cn1cc(-c2ccc(OC3=NO[C@H](c4ccc(OC(F)(F)F)cc4)C3)cn2)cn1. The van der Waals surface area contributed by atoms with Crippen molar-refractivity contribution in [1.29, 1.82) is 0 Å². The van der Waals surface area contributed by atoms with Crippen LogP contribution in [0.15, 0.2) is 60.1 Å². The molecule has 0 unspecified atom stereocenters. The van der Waals surface area contributed by atoms with Gasteiger partial charge in [-0.05, 0) is 29.8 Å². The normalized spacial score (nSPS) is 16.3. The number of hydrogen-bond donors (Lipinski definition) is 0. The second kappa shape index (κ2) is 7.46. The van der Waals surface area contributed by atoms with Crippen LogP contribution in [0.5, 0.6) is 11.5 Å². The molecule has 0 saturated carbocycles. The highest BCUT2D eigenvalue weighted by atomic mass is 19.4. The number of oxime groups is 1. The molecule has 0 saturated heterocycles. The van der Waals surface area contributed by atoms with Gasteiger partial charge in [0.2, 0.25) is 5.90 Å². The first kappa shape index (κ1) is 18.8. The zero-order valence-electron chi connectivity index (χ0n) is 15.1. The van der Waals surface area contributed by atoms with Crippen LogP contribution in [0, 0.1) is 0 Å². The molecule has 1 aliphatic heterocycles.